The van der Waals surface area contributed by atoms with E-state index in [0.717, 1.165) is 24.3 Å². The van der Waals surface area contributed by atoms with Crippen LogP contribution in [0, 0.1) is 5.82 Å². The van der Waals surface area contributed by atoms with Crippen molar-refractivity contribution in [3.63, 3.8) is 0 Å². The van der Waals surface area contributed by atoms with Crippen LogP contribution < -0.4 is 5.32 Å². The molecule has 2 nitrogen and oxygen atoms in total. The molecule has 0 bridgehead atoms. The number of nitrogens with zero attached hydrogens (tertiary/aromatic N) is 1. The zero-order valence-electron chi connectivity index (χ0n) is 9.66. The molecular weight excluding hydrogens is 251 g/mol. The van der Waals surface area contributed by atoms with E-state index in [-0.39, 0.29) is 5.82 Å². The number of rotatable bonds is 2. The number of hydrogen-bond donors (Lipinski definition) is 1. The van der Waals surface area contributed by atoms with E-state index in [4.69, 9.17) is 11.6 Å². The standard InChI is InChI=1S/C14H12ClFN2/c15-11-2-3-12(13(16)5-11)9-1-4-14(18-8-9)10-6-17-7-10/h1-5,8,10,17H,6-7H2. The highest BCUT2D eigenvalue weighted by Gasteiger charge is 2.20. The fourth-order valence-corrected chi connectivity index (χ4v) is 2.19. The molecule has 2 heterocycles. The maximum absolute atomic E-state index is 13.8. The molecule has 0 unspecified atom stereocenters. The monoisotopic (exact) mass is 262 g/mol. The van der Waals surface area contributed by atoms with Crippen LogP contribution in [0.2, 0.25) is 5.02 Å². The Bertz CT molecular complexity index is 565. The summed E-state index contributed by atoms with van der Waals surface area (Å²) in [6.45, 7) is 1.95. The minimum Gasteiger partial charge on any atom is -0.315 e. The Hall–Kier alpha value is -1.45. The minimum atomic E-state index is -0.317. The molecule has 1 N–H and O–H groups in total. The van der Waals surface area contributed by atoms with Crippen LogP contribution in [0.3, 0.4) is 0 Å². The average Bonchev–Trinajstić information content (AvgIpc) is 2.28. The highest BCUT2D eigenvalue weighted by Crippen LogP contribution is 2.26. The first-order valence-electron chi connectivity index (χ1n) is 5.86. The summed E-state index contributed by atoms with van der Waals surface area (Å²) < 4.78 is 13.8. The maximum Gasteiger partial charge on any atom is 0.132 e. The molecule has 4 heteroatoms. The molecule has 3 rings (SSSR count). The lowest BCUT2D eigenvalue weighted by atomic mass is 9.97. The molecule has 1 aromatic carbocycles. The smallest absolute Gasteiger partial charge is 0.132 e. The number of pyridine rings is 1. The molecule has 0 radical (unpaired) electrons. The van der Waals surface area contributed by atoms with Crippen molar-refractivity contribution in [2.75, 3.05) is 13.1 Å². The first-order valence-corrected chi connectivity index (χ1v) is 6.24. The summed E-state index contributed by atoms with van der Waals surface area (Å²) in [4.78, 5) is 4.40. The van der Waals surface area contributed by atoms with Crippen molar-refractivity contribution >= 4 is 11.6 Å². The van der Waals surface area contributed by atoms with Crippen LogP contribution in [0.5, 0.6) is 0 Å². The SMILES string of the molecule is Fc1cc(Cl)ccc1-c1ccc(C2CNC2)nc1. The molecule has 18 heavy (non-hydrogen) atoms. The largest absolute Gasteiger partial charge is 0.315 e. The molecule has 92 valence electrons. The quantitative estimate of drug-likeness (QED) is 0.899. The second-order valence-electron chi connectivity index (χ2n) is 4.45. The predicted molar refractivity (Wildman–Crippen MR) is 70.3 cm³/mol. The Morgan fingerprint density at radius 1 is 1.22 bits per heavy atom. The molecule has 2 aromatic rings. The second kappa shape index (κ2) is 4.67. The van der Waals surface area contributed by atoms with Gasteiger partial charge in [0.25, 0.3) is 0 Å². The lowest BCUT2D eigenvalue weighted by Crippen LogP contribution is -2.40. The van der Waals surface area contributed by atoms with Gasteiger partial charge in [-0.1, -0.05) is 17.7 Å². The van der Waals surface area contributed by atoms with Gasteiger partial charge in [-0.05, 0) is 24.3 Å². The van der Waals surface area contributed by atoms with Gasteiger partial charge in [0.1, 0.15) is 5.82 Å². The molecule has 0 saturated carbocycles. The van der Waals surface area contributed by atoms with Crippen molar-refractivity contribution in [3.8, 4) is 11.1 Å². The number of nitrogens with one attached hydrogen (secondary N) is 1. The normalized spacial score (nSPS) is 15.4. The van der Waals surface area contributed by atoms with Gasteiger partial charge in [0.05, 0.1) is 0 Å². The molecule has 1 aliphatic rings. The van der Waals surface area contributed by atoms with E-state index in [1.54, 1.807) is 18.3 Å². The van der Waals surface area contributed by atoms with Gasteiger partial charge in [0.15, 0.2) is 0 Å². The zero-order valence-corrected chi connectivity index (χ0v) is 10.4. The summed E-state index contributed by atoms with van der Waals surface area (Å²) in [7, 11) is 0. The van der Waals surface area contributed by atoms with Crippen molar-refractivity contribution in [2.45, 2.75) is 5.92 Å². The summed E-state index contributed by atoms with van der Waals surface area (Å²) in [6, 6.07) is 8.56. The highest BCUT2D eigenvalue weighted by molar-refractivity contribution is 6.30. The van der Waals surface area contributed by atoms with Gasteiger partial charge in [0, 0.05) is 47.0 Å². The third-order valence-corrected chi connectivity index (χ3v) is 3.46. The van der Waals surface area contributed by atoms with Gasteiger partial charge < -0.3 is 5.32 Å². The van der Waals surface area contributed by atoms with Crippen molar-refractivity contribution in [1.82, 2.24) is 10.3 Å². The summed E-state index contributed by atoms with van der Waals surface area (Å²) in [5.74, 6) is 0.177. The number of aromatic nitrogens is 1. The minimum absolute atomic E-state index is 0.317. The molecule has 0 amide bonds. The van der Waals surface area contributed by atoms with Gasteiger partial charge >= 0.3 is 0 Å². The lowest BCUT2D eigenvalue weighted by Gasteiger charge is -2.26. The predicted octanol–water partition coefficient (Wildman–Crippen LogP) is 3.23. The van der Waals surface area contributed by atoms with E-state index in [2.05, 4.69) is 10.3 Å². The molecule has 1 aliphatic heterocycles. The molecule has 1 aromatic heterocycles. The third kappa shape index (κ3) is 2.11. The molecule has 0 aliphatic carbocycles. The fraction of sp³-hybridized carbons (Fsp3) is 0.214. The van der Waals surface area contributed by atoms with Crippen molar-refractivity contribution < 1.29 is 4.39 Å². The lowest BCUT2D eigenvalue weighted by molar-refractivity contribution is 0.440. The van der Waals surface area contributed by atoms with Crippen LogP contribution in [-0.4, -0.2) is 18.1 Å². The van der Waals surface area contributed by atoms with Crippen LogP contribution in [0.1, 0.15) is 11.6 Å². The van der Waals surface area contributed by atoms with Crippen LogP contribution in [-0.2, 0) is 0 Å². The van der Waals surface area contributed by atoms with Crippen LogP contribution in [0.15, 0.2) is 36.5 Å². The summed E-state index contributed by atoms with van der Waals surface area (Å²) in [6.07, 6.45) is 1.72. The van der Waals surface area contributed by atoms with E-state index >= 15 is 0 Å². The summed E-state index contributed by atoms with van der Waals surface area (Å²) in [5.41, 5.74) is 2.37. The third-order valence-electron chi connectivity index (χ3n) is 3.23. The second-order valence-corrected chi connectivity index (χ2v) is 4.89. The molecule has 0 spiro atoms. The van der Waals surface area contributed by atoms with Gasteiger partial charge in [0.2, 0.25) is 0 Å². The van der Waals surface area contributed by atoms with Gasteiger partial charge in [-0.25, -0.2) is 4.39 Å². The van der Waals surface area contributed by atoms with Gasteiger partial charge in [-0.3, -0.25) is 4.98 Å². The molecule has 0 atom stereocenters. The molecule has 1 saturated heterocycles. The Morgan fingerprint density at radius 3 is 2.61 bits per heavy atom. The number of hydrogen-bond acceptors (Lipinski definition) is 2. The van der Waals surface area contributed by atoms with Crippen LogP contribution in [0.4, 0.5) is 4.39 Å². The fourth-order valence-electron chi connectivity index (χ4n) is 2.03. The average molecular weight is 263 g/mol. The van der Waals surface area contributed by atoms with E-state index < -0.39 is 0 Å². The van der Waals surface area contributed by atoms with Crippen molar-refractivity contribution in [3.05, 3.63) is 53.1 Å². The Morgan fingerprint density at radius 2 is 2.06 bits per heavy atom. The topological polar surface area (TPSA) is 24.9 Å². The highest BCUT2D eigenvalue weighted by atomic mass is 35.5. The van der Waals surface area contributed by atoms with E-state index in [1.165, 1.54) is 6.07 Å². The molecular formula is C14H12ClFN2. The Balaban J connectivity index is 1.91. The van der Waals surface area contributed by atoms with Crippen LogP contribution in [0.25, 0.3) is 11.1 Å². The van der Waals surface area contributed by atoms with E-state index in [1.807, 2.05) is 12.1 Å². The number of benzene rings is 1. The van der Waals surface area contributed by atoms with Gasteiger partial charge in [-0.2, -0.15) is 0 Å². The van der Waals surface area contributed by atoms with E-state index in [0.29, 0.717) is 16.5 Å². The first kappa shape index (κ1) is 11.6. The Kier molecular flexibility index (Phi) is 3.02. The van der Waals surface area contributed by atoms with E-state index in [9.17, 15) is 4.39 Å². The van der Waals surface area contributed by atoms with Crippen LogP contribution >= 0.6 is 11.6 Å². The van der Waals surface area contributed by atoms with Crippen molar-refractivity contribution in [1.29, 1.82) is 0 Å². The summed E-state index contributed by atoms with van der Waals surface area (Å²) in [5, 5.41) is 3.61. The molecule has 1 fully saturated rings. The number of halogens is 2. The maximum atomic E-state index is 13.8. The summed E-state index contributed by atoms with van der Waals surface area (Å²) >= 11 is 5.74. The van der Waals surface area contributed by atoms with Crippen molar-refractivity contribution in [2.24, 2.45) is 0 Å². The first-order chi connectivity index (χ1) is 8.74. The Labute approximate surface area is 110 Å². The zero-order chi connectivity index (χ0) is 12.5. The van der Waals surface area contributed by atoms with Gasteiger partial charge in [-0.15, -0.1) is 0 Å².